The highest BCUT2D eigenvalue weighted by Gasteiger charge is 2.40. The number of unbranched alkanes of at least 4 members (excludes halogenated alkanes) is 3. The molecule has 0 fully saturated rings. The first kappa shape index (κ1) is 27.8. The molecule has 0 saturated carbocycles. The van der Waals surface area contributed by atoms with E-state index in [2.05, 4.69) is 48.1 Å². The predicted molar refractivity (Wildman–Crippen MR) is 155 cm³/mol. The van der Waals surface area contributed by atoms with Crippen molar-refractivity contribution in [2.24, 2.45) is 0 Å². The van der Waals surface area contributed by atoms with Crippen LogP contribution in [-0.4, -0.2) is 34.0 Å². The maximum absolute atomic E-state index is 13.8. The normalized spacial score (nSPS) is 17.8. The van der Waals surface area contributed by atoms with Gasteiger partial charge in [-0.1, -0.05) is 32.3 Å². The van der Waals surface area contributed by atoms with Gasteiger partial charge in [-0.2, -0.15) is 5.10 Å². The van der Waals surface area contributed by atoms with E-state index in [1.807, 2.05) is 36.9 Å². The first-order valence-corrected chi connectivity index (χ1v) is 14.5. The predicted octanol–water partition coefficient (Wildman–Crippen LogP) is 5.43. The molecule has 1 amide bonds. The van der Waals surface area contributed by atoms with E-state index in [0.717, 1.165) is 59.1 Å². The molecule has 3 aromatic rings. The molecule has 2 unspecified atom stereocenters. The number of fused-ring (bicyclic) bond motifs is 2. The average Bonchev–Trinajstić information content (AvgIpc) is 3.57. The molecule has 0 spiro atoms. The van der Waals surface area contributed by atoms with Gasteiger partial charge in [0.2, 0.25) is 12.7 Å². The van der Waals surface area contributed by atoms with Gasteiger partial charge in [-0.05, 0) is 69.9 Å². The Morgan fingerprint density at radius 2 is 1.95 bits per heavy atom. The summed E-state index contributed by atoms with van der Waals surface area (Å²) in [4.78, 5) is 31.7. The fourth-order valence-electron chi connectivity index (χ4n) is 5.97. The Morgan fingerprint density at radius 3 is 2.70 bits per heavy atom. The molecule has 5 rings (SSSR count). The number of pyridine rings is 1. The van der Waals surface area contributed by atoms with E-state index in [9.17, 15) is 9.59 Å². The summed E-state index contributed by atoms with van der Waals surface area (Å²) in [5.74, 6) is 1.98. The molecule has 0 saturated heterocycles. The molecule has 0 radical (unpaired) electrons. The summed E-state index contributed by atoms with van der Waals surface area (Å²) < 4.78 is 13.3. The first-order chi connectivity index (χ1) is 19.3. The van der Waals surface area contributed by atoms with Crippen molar-refractivity contribution in [3.05, 3.63) is 68.8 Å². The van der Waals surface area contributed by atoms with Gasteiger partial charge in [-0.15, -0.1) is 0 Å². The van der Waals surface area contributed by atoms with Crippen LogP contribution in [0.1, 0.15) is 98.8 Å². The monoisotopic (exact) mass is 547 g/mol. The van der Waals surface area contributed by atoms with Crippen LogP contribution in [0.2, 0.25) is 0 Å². The number of rotatable bonds is 10. The topological polar surface area (TPSA) is 101 Å². The van der Waals surface area contributed by atoms with Crippen molar-refractivity contribution in [2.45, 2.75) is 91.3 Å². The van der Waals surface area contributed by atoms with Crippen LogP contribution < -0.4 is 25.2 Å². The number of anilines is 1. The van der Waals surface area contributed by atoms with Gasteiger partial charge in [0, 0.05) is 36.0 Å². The number of nitrogens with zero attached hydrogens (tertiary/aromatic N) is 3. The van der Waals surface area contributed by atoms with Crippen molar-refractivity contribution < 1.29 is 14.3 Å². The largest absolute Gasteiger partial charge is 0.454 e. The molecule has 2 aliphatic heterocycles. The summed E-state index contributed by atoms with van der Waals surface area (Å²) in [5, 5.41) is 7.84. The Morgan fingerprint density at radius 1 is 1.15 bits per heavy atom. The van der Waals surface area contributed by atoms with Crippen LogP contribution in [0.4, 0.5) is 5.82 Å². The Hall–Kier alpha value is -3.75. The second kappa shape index (κ2) is 11.8. The third-order valence-corrected chi connectivity index (χ3v) is 8.05. The standard InChI is InChI=1S/C31H41N5O4/c1-6-7-8-9-12-35-26(22-10-11-27-28(14-22)40-18-39-27)15-23(25-17-33-36(19(2)3)31(25)35)29(37)32-16-24-20(4)13-21(5)34-30(24)38/h10-11,13-14,17,19,23,26H,6-9,12,15-16,18H2,1-5H3,(H,32,37)(H,34,38). The smallest absolute Gasteiger partial charge is 0.253 e. The van der Waals surface area contributed by atoms with Gasteiger partial charge < -0.3 is 24.7 Å². The minimum atomic E-state index is -0.408. The molecule has 2 aromatic heterocycles. The Kier molecular flexibility index (Phi) is 8.19. The van der Waals surface area contributed by atoms with Crippen molar-refractivity contribution in [3.8, 4) is 11.5 Å². The van der Waals surface area contributed by atoms with E-state index < -0.39 is 5.92 Å². The van der Waals surface area contributed by atoms with Crippen molar-refractivity contribution in [2.75, 3.05) is 18.2 Å². The van der Waals surface area contributed by atoms with Crippen molar-refractivity contribution in [1.82, 2.24) is 20.1 Å². The minimum absolute atomic E-state index is 0.0434. The Bertz CT molecular complexity index is 1430. The van der Waals surface area contributed by atoms with Gasteiger partial charge in [0.1, 0.15) is 5.82 Å². The van der Waals surface area contributed by atoms with E-state index in [4.69, 9.17) is 14.6 Å². The van der Waals surface area contributed by atoms with Gasteiger partial charge in [-0.25, -0.2) is 4.68 Å². The Balaban J connectivity index is 1.50. The minimum Gasteiger partial charge on any atom is -0.454 e. The fourth-order valence-corrected chi connectivity index (χ4v) is 5.97. The van der Waals surface area contributed by atoms with Gasteiger partial charge in [-0.3, -0.25) is 9.59 Å². The van der Waals surface area contributed by atoms with Crippen molar-refractivity contribution in [3.63, 3.8) is 0 Å². The van der Waals surface area contributed by atoms with Crippen LogP contribution in [0.15, 0.2) is 35.3 Å². The van der Waals surface area contributed by atoms with E-state index in [1.54, 1.807) is 0 Å². The fraction of sp³-hybridized carbons (Fsp3) is 0.516. The zero-order valence-corrected chi connectivity index (χ0v) is 24.3. The molecule has 2 N–H and O–H groups in total. The summed E-state index contributed by atoms with van der Waals surface area (Å²) in [5.41, 5.74) is 4.12. The van der Waals surface area contributed by atoms with Crippen LogP contribution in [0.3, 0.4) is 0 Å². The third kappa shape index (κ3) is 5.46. The third-order valence-electron chi connectivity index (χ3n) is 8.05. The van der Waals surface area contributed by atoms with Gasteiger partial charge in [0.05, 0.1) is 18.2 Å². The van der Waals surface area contributed by atoms with Gasteiger partial charge in [0.25, 0.3) is 5.56 Å². The number of aromatic nitrogens is 3. The van der Waals surface area contributed by atoms with Crippen LogP contribution in [0.5, 0.6) is 11.5 Å². The number of nitrogens with one attached hydrogen (secondary N) is 2. The number of benzene rings is 1. The van der Waals surface area contributed by atoms with E-state index in [1.165, 1.54) is 12.8 Å². The van der Waals surface area contributed by atoms with E-state index >= 15 is 0 Å². The van der Waals surface area contributed by atoms with Crippen LogP contribution >= 0.6 is 0 Å². The average molecular weight is 548 g/mol. The molecular formula is C31H41N5O4. The molecule has 9 nitrogen and oxygen atoms in total. The number of carbonyl (C=O) groups is 1. The summed E-state index contributed by atoms with van der Waals surface area (Å²) in [6.07, 6.45) is 7.04. The first-order valence-electron chi connectivity index (χ1n) is 14.5. The summed E-state index contributed by atoms with van der Waals surface area (Å²) >= 11 is 0. The molecule has 0 aliphatic carbocycles. The number of ether oxygens (including phenoxy) is 2. The summed E-state index contributed by atoms with van der Waals surface area (Å²) in [7, 11) is 0. The second-order valence-electron chi connectivity index (χ2n) is 11.3. The highest BCUT2D eigenvalue weighted by Crippen LogP contribution is 2.47. The maximum atomic E-state index is 13.8. The number of hydrogen-bond acceptors (Lipinski definition) is 6. The molecule has 2 atom stereocenters. The number of H-pyrrole nitrogens is 1. The number of aryl methyl sites for hydroxylation is 2. The molecular weight excluding hydrogens is 506 g/mol. The zero-order valence-electron chi connectivity index (χ0n) is 24.3. The van der Waals surface area contributed by atoms with E-state index in [0.29, 0.717) is 12.0 Å². The van der Waals surface area contributed by atoms with Crippen molar-refractivity contribution in [1.29, 1.82) is 0 Å². The molecule has 9 heteroatoms. The maximum Gasteiger partial charge on any atom is 0.253 e. The number of aromatic amines is 1. The zero-order chi connectivity index (χ0) is 28.4. The lowest BCUT2D eigenvalue weighted by Gasteiger charge is -2.41. The van der Waals surface area contributed by atoms with Crippen LogP contribution in [0, 0.1) is 13.8 Å². The van der Waals surface area contributed by atoms with Crippen LogP contribution in [0.25, 0.3) is 0 Å². The van der Waals surface area contributed by atoms with Gasteiger partial charge in [0.15, 0.2) is 11.5 Å². The molecule has 0 bridgehead atoms. The lowest BCUT2D eigenvalue weighted by Crippen LogP contribution is -2.41. The second-order valence-corrected chi connectivity index (χ2v) is 11.3. The lowest BCUT2D eigenvalue weighted by atomic mass is 9.84. The molecule has 4 heterocycles. The molecule has 214 valence electrons. The number of amides is 1. The quantitative estimate of drug-likeness (QED) is 0.328. The number of hydrogen-bond donors (Lipinski definition) is 2. The van der Waals surface area contributed by atoms with E-state index in [-0.39, 0.29) is 36.9 Å². The van der Waals surface area contributed by atoms with Crippen LogP contribution in [-0.2, 0) is 11.3 Å². The highest BCUT2D eigenvalue weighted by molar-refractivity contribution is 5.86. The highest BCUT2D eigenvalue weighted by atomic mass is 16.7. The lowest BCUT2D eigenvalue weighted by molar-refractivity contribution is -0.123. The molecule has 1 aromatic carbocycles. The van der Waals surface area contributed by atoms with Crippen molar-refractivity contribution >= 4 is 11.7 Å². The SMILES string of the molecule is CCCCCCN1c2c(cnn2C(C)C)C(C(=O)NCc2c(C)cc(C)[nH]c2=O)CC1c1ccc2c(c1)OCO2. The Labute approximate surface area is 235 Å². The molecule has 40 heavy (non-hydrogen) atoms. The molecule has 2 aliphatic rings. The summed E-state index contributed by atoms with van der Waals surface area (Å²) in [6.45, 7) is 11.5. The number of carbonyl (C=O) groups excluding carboxylic acids is 1. The summed E-state index contributed by atoms with van der Waals surface area (Å²) in [6, 6.07) is 8.12. The van der Waals surface area contributed by atoms with Gasteiger partial charge >= 0.3 is 0 Å².